The van der Waals surface area contributed by atoms with Crippen LogP contribution < -0.4 is 11.1 Å². The molecule has 2 rings (SSSR count). The van der Waals surface area contributed by atoms with Crippen LogP contribution in [0.1, 0.15) is 6.92 Å². The molecule has 0 radical (unpaired) electrons. The fraction of sp³-hybridized carbons (Fsp3) is 0.188. The molecular formula is C16H18N2O2. The number of aliphatic hydroxyl groups excluding tert-OH is 1. The van der Waals surface area contributed by atoms with Crippen molar-refractivity contribution in [2.45, 2.75) is 12.5 Å². The Morgan fingerprint density at radius 1 is 1.10 bits per heavy atom. The standard InChI is InChI=1S/C16H18N2O2/c1-16(17,11-19)15(20)18-14-9-7-13(8-10-14)12-5-3-2-4-6-12/h2-10,19H,11,17H2,1H3,(H,18,20)/t16-/m0/s1. The third kappa shape index (κ3) is 3.23. The first-order valence-corrected chi connectivity index (χ1v) is 6.39. The highest BCUT2D eigenvalue weighted by molar-refractivity contribution is 5.97. The summed E-state index contributed by atoms with van der Waals surface area (Å²) in [6.07, 6.45) is 0. The topological polar surface area (TPSA) is 75.3 Å². The minimum absolute atomic E-state index is 0.402. The molecule has 0 aromatic heterocycles. The number of hydrogen-bond acceptors (Lipinski definition) is 3. The van der Waals surface area contributed by atoms with Crippen molar-refractivity contribution in [2.75, 3.05) is 11.9 Å². The van der Waals surface area contributed by atoms with Gasteiger partial charge < -0.3 is 16.2 Å². The highest BCUT2D eigenvalue weighted by atomic mass is 16.3. The number of aliphatic hydroxyl groups is 1. The molecule has 0 aliphatic heterocycles. The average Bonchev–Trinajstić information content (AvgIpc) is 2.49. The number of carbonyl (C=O) groups excluding carboxylic acids is 1. The molecule has 2 aromatic rings. The second-order valence-corrected chi connectivity index (χ2v) is 4.97. The number of rotatable bonds is 4. The van der Waals surface area contributed by atoms with Crippen molar-refractivity contribution in [1.82, 2.24) is 0 Å². The van der Waals surface area contributed by atoms with Gasteiger partial charge in [-0.3, -0.25) is 4.79 Å². The monoisotopic (exact) mass is 270 g/mol. The number of anilines is 1. The molecule has 0 saturated carbocycles. The van der Waals surface area contributed by atoms with E-state index in [1.165, 1.54) is 6.92 Å². The van der Waals surface area contributed by atoms with E-state index >= 15 is 0 Å². The number of nitrogens with one attached hydrogen (secondary N) is 1. The van der Waals surface area contributed by atoms with Gasteiger partial charge in [0.05, 0.1) is 6.61 Å². The molecule has 4 heteroatoms. The lowest BCUT2D eigenvalue weighted by molar-refractivity contribution is -0.121. The van der Waals surface area contributed by atoms with E-state index in [4.69, 9.17) is 10.8 Å². The van der Waals surface area contributed by atoms with Crippen LogP contribution in [-0.2, 0) is 4.79 Å². The lowest BCUT2D eigenvalue weighted by Crippen LogP contribution is -2.51. The Kier molecular flexibility index (Phi) is 4.17. The van der Waals surface area contributed by atoms with Crippen molar-refractivity contribution in [2.24, 2.45) is 5.73 Å². The van der Waals surface area contributed by atoms with Gasteiger partial charge in [0.25, 0.3) is 0 Å². The van der Waals surface area contributed by atoms with E-state index in [2.05, 4.69) is 5.32 Å². The zero-order valence-corrected chi connectivity index (χ0v) is 11.3. The highest BCUT2D eigenvalue weighted by Gasteiger charge is 2.27. The first-order chi connectivity index (χ1) is 9.53. The van der Waals surface area contributed by atoms with Gasteiger partial charge in [-0.15, -0.1) is 0 Å². The Hall–Kier alpha value is -2.17. The number of benzene rings is 2. The highest BCUT2D eigenvalue weighted by Crippen LogP contribution is 2.21. The zero-order valence-electron chi connectivity index (χ0n) is 11.3. The Labute approximate surface area is 118 Å². The van der Waals surface area contributed by atoms with E-state index in [-0.39, 0.29) is 0 Å². The van der Waals surface area contributed by atoms with E-state index in [0.717, 1.165) is 11.1 Å². The third-order valence-corrected chi connectivity index (χ3v) is 3.10. The van der Waals surface area contributed by atoms with Crippen molar-refractivity contribution in [3.8, 4) is 11.1 Å². The van der Waals surface area contributed by atoms with Crippen LogP contribution in [0.4, 0.5) is 5.69 Å². The first-order valence-electron chi connectivity index (χ1n) is 6.39. The summed E-state index contributed by atoms with van der Waals surface area (Å²) in [5, 5.41) is 11.7. The van der Waals surface area contributed by atoms with Crippen LogP contribution >= 0.6 is 0 Å². The van der Waals surface area contributed by atoms with Crippen LogP contribution in [0.5, 0.6) is 0 Å². The van der Waals surface area contributed by atoms with Gasteiger partial charge in [0.2, 0.25) is 5.91 Å². The van der Waals surface area contributed by atoms with Crippen molar-refractivity contribution in [1.29, 1.82) is 0 Å². The largest absolute Gasteiger partial charge is 0.394 e. The predicted octanol–water partition coefficient (Wildman–Crippen LogP) is 2.00. The molecule has 0 unspecified atom stereocenters. The molecule has 2 aromatic carbocycles. The molecule has 1 amide bonds. The fourth-order valence-corrected chi connectivity index (χ4v) is 1.72. The lowest BCUT2D eigenvalue weighted by atomic mass is 10.0. The minimum Gasteiger partial charge on any atom is -0.394 e. The van der Waals surface area contributed by atoms with E-state index in [9.17, 15) is 4.79 Å². The molecule has 20 heavy (non-hydrogen) atoms. The van der Waals surface area contributed by atoms with Crippen LogP contribution in [0.2, 0.25) is 0 Å². The summed E-state index contributed by atoms with van der Waals surface area (Å²) in [7, 11) is 0. The average molecular weight is 270 g/mol. The fourth-order valence-electron chi connectivity index (χ4n) is 1.72. The van der Waals surface area contributed by atoms with E-state index in [1.54, 1.807) is 0 Å². The maximum absolute atomic E-state index is 11.8. The summed E-state index contributed by atoms with van der Waals surface area (Å²) in [5.74, 6) is -0.410. The van der Waals surface area contributed by atoms with Crippen molar-refractivity contribution in [3.05, 3.63) is 54.6 Å². The molecule has 4 nitrogen and oxygen atoms in total. The van der Waals surface area contributed by atoms with Gasteiger partial charge in [0.15, 0.2) is 0 Å². The second-order valence-electron chi connectivity index (χ2n) is 4.97. The number of hydrogen-bond donors (Lipinski definition) is 3. The van der Waals surface area contributed by atoms with Crippen LogP contribution in [0.25, 0.3) is 11.1 Å². The van der Waals surface area contributed by atoms with E-state index in [1.807, 2.05) is 54.6 Å². The summed E-state index contributed by atoms with van der Waals surface area (Å²) in [6.45, 7) is 1.08. The third-order valence-electron chi connectivity index (χ3n) is 3.10. The van der Waals surface area contributed by atoms with Crippen LogP contribution in [0.3, 0.4) is 0 Å². The molecule has 104 valence electrons. The van der Waals surface area contributed by atoms with Gasteiger partial charge in [-0.05, 0) is 30.2 Å². The molecular weight excluding hydrogens is 252 g/mol. The molecule has 1 atom stereocenters. The quantitative estimate of drug-likeness (QED) is 0.795. The molecule has 0 spiro atoms. The van der Waals surface area contributed by atoms with Gasteiger partial charge in [-0.2, -0.15) is 0 Å². The maximum atomic E-state index is 11.8. The Morgan fingerprint density at radius 2 is 1.65 bits per heavy atom. The summed E-state index contributed by atoms with van der Waals surface area (Å²) in [6, 6.07) is 17.5. The number of amides is 1. The molecule has 0 saturated heterocycles. The van der Waals surface area contributed by atoms with Gasteiger partial charge >= 0.3 is 0 Å². The molecule has 0 aliphatic rings. The summed E-state index contributed by atoms with van der Waals surface area (Å²) in [5.41, 5.74) is 7.23. The second kappa shape index (κ2) is 5.86. The molecule has 4 N–H and O–H groups in total. The predicted molar refractivity (Wildman–Crippen MR) is 80.2 cm³/mol. The summed E-state index contributed by atoms with van der Waals surface area (Å²) >= 11 is 0. The van der Waals surface area contributed by atoms with Crippen molar-refractivity contribution >= 4 is 11.6 Å². The lowest BCUT2D eigenvalue weighted by Gasteiger charge is -2.20. The van der Waals surface area contributed by atoms with Gasteiger partial charge in [-0.25, -0.2) is 0 Å². The van der Waals surface area contributed by atoms with Crippen molar-refractivity contribution in [3.63, 3.8) is 0 Å². The Bertz CT molecular complexity index is 577. The minimum atomic E-state index is -1.28. The first kappa shape index (κ1) is 14.2. The molecule has 0 bridgehead atoms. The normalized spacial score (nSPS) is 13.6. The van der Waals surface area contributed by atoms with Crippen LogP contribution in [-0.4, -0.2) is 23.2 Å². The molecule has 0 heterocycles. The molecule has 0 aliphatic carbocycles. The van der Waals surface area contributed by atoms with E-state index < -0.39 is 18.1 Å². The maximum Gasteiger partial charge on any atom is 0.246 e. The summed E-state index contributed by atoms with van der Waals surface area (Å²) < 4.78 is 0. The van der Waals surface area contributed by atoms with Crippen LogP contribution in [0.15, 0.2) is 54.6 Å². The van der Waals surface area contributed by atoms with Gasteiger partial charge in [0, 0.05) is 5.69 Å². The van der Waals surface area contributed by atoms with Crippen LogP contribution in [0, 0.1) is 0 Å². The summed E-state index contributed by atoms with van der Waals surface area (Å²) in [4.78, 5) is 11.8. The number of carbonyl (C=O) groups is 1. The molecule has 0 fully saturated rings. The smallest absolute Gasteiger partial charge is 0.246 e. The Morgan fingerprint density at radius 3 is 2.20 bits per heavy atom. The van der Waals surface area contributed by atoms with Gasteiger partial charge in [-0.1, -0.05) is 42.5 Å². The zero-order chi connectivity index (χ0) is 14.6. The number of nitrogens with two attached hydrogens (primary N) is 1. The van der Waals surface area contributed by atoms with Gasteiger partial charge in [0.1, 0.15) is 5.54 Å². The van der Waals surface area contributed by atoms with Crippen molar-refractivity contribution < 1.29 is 9.90 Å². The SMILES string of the molecule is C[C@](N)(CO)C(=O)Nc1ccc(-c2ccccc2)cc1. The Balaban J connectivity index is 2.12. The van der Waals surface area contributed by atoms with E-state index in [0.29, 0.717) is 5.69 Å².